The maximum atomic E-state index is 8.83. The summed E-state index contributed by atoms with van der Waals surface area (Å²) in [5.41, 5.74) is 6.89. The number of aliphatic hydroxyl groups excluding tert-OH is 1. The normalized spacial score (nSPS) is 12.6. The lowest BCUT2D eigenvalue weighted by Gasteiger charge is -2.05. The first-order valence-corrected chi connectivity index (χ1v) is 6.00. The van der Waals surface area contributed by atoms with Crippen LogP contribution in [0.3, 0.4) is 0 Å². The monoisotopic (exact) mass is 234 g/mol. The van der Waals surface area contributed by atoms with Gasteiger partial charge in [0.25, 0.3) is 0 Å². The van der Waals surface area contributed by atoms with Gasteiger partial charge in [-0.3, -0.25) is 4.98 Å². The number of aromatic nitrogens is 1. The van der Waals surface area contributed by atoms with Gasteiger partial charge in [-0.15, -0.1) is 11.3 Å². The zero-order chi connectivity index (χ0) is 11.4. The van der Waals surface area contributed by atoms with Crippen molar-refractivity contribution in [3.63, 3.8) is 0 Å². The van der Waals surface area contributed by atoms with Crippen LogP contribution in [0.4, 0.5) is 0 Å². The molecule has 0 saturated heterocycles. The van der Waals surface area contributed by atoms with E-state index in [1.807, 2.05) is 30.3 Å². The van der Waals surface area contributed by atoms with Crippen LogP contribution >= 0.6 is 11.3 Å². The minimum Gasteiger partial charge on any atom is -0.396 e. The van der Waals surface area contributed by atoms with Crippen molar-refractivity contribution >= 4 is 11.3 Å². The summed E-state index contributed by atoms with van der Waals surface area (Å²) in [6.45, 7) is 0.123. The van der Waals surface area contributed by atoms with Gasteiger partial charge in [-0.1, -0.05) is 6.07 Å². The van der Waals surface area contributed by atoms with Gasteiger partial charge in [0.2, 0.25) is 0 Å². The Morgan fingerprint density at radius 3 is 2.88 bits per heavy atom. The highest BCUT2D eigenvalue weighted by molar-refractivity contribution is 7.15. The van der Waals surface area contributed by atoms with E-state index in [9.17, 15) is 0 Å². The quantitative estimate of drug-likeness (QED) is 0.852. The molecule has 3 N–H and O–H groups in total. The van der Waals surface area contributed by atoms with Crippen LogP contribution in [0.25, 0.3) is 10.6 Å². The first-order chi connectivity index (χ1) is 7.81. The van der Waals surface area contributed by atoms with Gasteiger partial charge in [-0.2, -0.15) is 0 Å². The average Bonchev–Trinajstić information content (AvgIpc) is 2.80. The van der Waals surface area contributed by atoms with Crippen molar-refractivity contribution < 1.29 is 5.11 Å². The largest absolute Gasteiger partial charge is 0.396 e. The first-order valence-electron chi connectivity index (χ1n) is 5.19. The second-order valence-electron chi connectivity index (χ2n) is 3.54. The minimum atomic E-state index is -0.0764. The van der Waals surface area contributed by atoms with E-state index >= 15 is 0 Å². The van der Waals surface area contributed by atoms with Gasteiger partial charge in [0.1, 0.15) is 0 Å². The summed E-state index contributed by atoms with van der Waals surface area (Å²) in [4.78, 5) is 6.49. The lowest BCUT2D eigenvalue weighted by molar-refractivity contribution is 0.277. The third kappa shape index (κ3) is 2.47. The Labute approximate surface area is 98.6 Å². The molecule has 2 aromatic rings. The summed E-state index contributed by atoms with van der Waals surface area (Å²) in [6.07, 6.45) is 2.38. The second-order valence-corrected chi connectivity index (χ2v) is 4.65. The number of thiophene rings is 1. The molecule has 3 nitrogen and oxygen atoms in total. The van der Waals surface area contributed by atoms with Crippen molar-refractivity contribution in [2.75, 3.05) is 6.61 Å². The highest BCUT2D eigenvalue weighted by Gasteiger charge is 2.09. The summed E-state index contributed by atoms with van der Waals surface area (Å²) in [5.74, 6) is 0. The zero-order valence-electron chi connectivity index (χ0n) is 8.84. The first kappa shape index (κ1) is 11.3. The Kier molecular flexibility index (Phi) is 3.66. The lowest BCUT2D eigenvalue weighted by atomic mass is 10.2. The van der Waals surface area contributed by atoms with Crippen molar-refractivity contribution in [3.8, 4) is 10.6 Å². The predicted molar refractivity (Wildman–Crippen MR) is 66.2 cm³/mol. The van der Waals surface area contributed by atoms with E-state index in [-0.39, 0.29) is 12.6 Å². The Bertz CT molecular complexity index is 441. The van der Waals surface area contributed by atoms with Crippen molar-refractivity contribution in [3.05, 3.63) is 41.4 Å². The third-order valence-corrected chi connectivity index (χ3v) is 3.59. The van der Waals surface area contributed by atoms with Gasteiger partial charge in [0.15, 0.2) is 0 Å². The molecule has 2 heterocycles. The molecule has 0 spiro atoms. The summed E-state index contributed by atoms with van der Waals surface area (Å²) in [7, 11) is 0. The Morgan fingerprint density at radius 2 is 2.19 bits per heavy atom. The number of hydrogen-bond acceptors (Lipinski definition) is 4. The topological polar surface area (TPSA) is 59.1 Å². The van der Waals surface area contributed by atoms with Gasteiger partial charge >= 0.3 is 0 Å². The number of hydrogen-bond donors (Lipinski definition) is 2. The molecule has 0 fully saturated rings. The van der Waals surface area contributed by atoms with Crippen molar-refractivity contribution in [2.24, 2.45) is 5.73 Å². The van der Waals surface area contributed by atoms with E-state index < -0.39 is 0 Å². The van der Waals surface area contributed by atoms with Gasteiger partial charge in [-0.25, -0.2) is 0 Å². The van der Waals surface area contributed by atoms with Gasteiger partial charge in [0, 0.05) is 23.7 Å². The van der Waals surface area contributed by atoms with Crippen molar-refractivity contribution in [1.82, 2.24) is 4.98 Å². The number of rotatable bonds is 4. The van der Waals surface area contributed by atoms with Crippen LogP contribution in [-0.4, -0.2) is 16.7 Å². The number of aliphatic hydroxyl groups is 1. The van der Waals surface area contributed by atoms with Crippen LogP contribution in [0.5, 0.6) is 0 Å². The van der Waals surface area contributed by atoms with Crippen molar-refractivity contribution in [1.29, 1.82) is 0 Å². The predicted octanol–water partition coefficient (Wildman–Crippen LogP) is 2.19. The molecule has 0 aliphatic carbocycles. The Balaban J connectivity index is 2.20. The highest BCUT2D eigenvalue weighted by Crippen LogP contribution is 2.30. The second kappa shape index (κ2) is 5.21. The number of nitrogens with two attached hydrogens (primary N) is 1. The van der Waals surface area contributed by atoms with Gasteiger partial charge < -0.3 is 10.8 Å². The molecule has 4 heteroatoms. The fraction of sp³-hybridized carbons (Fsp3) is 0.250. The molecule has 84 valence electrons. The Morgan fingerprint density at radius 1 is 1.31 bits per heavy atom. The van der Waals surface area contributed by atoms with Crippen molar-refractivity contribution in [2.45, 2.75) is 12.5 Å². The molecule has 2 aromatic heterocycles. The molecular formula is C12H14N2OS. The number of nitrogens with zero attached hydrogens (tertiary/aromatic N) is 1. The van der Waals surface area contributed by atoms with Gasteiger partial charge in [0.05, 0.1) is 10.6 Å². The summed E-state index contributed by atoms with van der Waals surface area (Å²) < 4.78 is 0. The van der Waals surface area contributed by atoms with Gasteiger partial charge in [-0.05, 0) is 30.7 Å². The summed E-state index contributed by atoms with van der Waals surface area (Å²) in [6, 6.07) is 9.81. The van der Waals surface area contributed by atoms with E-state index in [1.54, 1.807) is 17.5 Å². The summed E-state index contributed by atoms with van der Waals surface area (Å²) >= 11 is 1.64. The van der Waals surface area contributed by atoms with E-state index in [2.05, 4.69) is 4.98 Å². The molecule has 1 unspecified atom stereocenters. The zero-order valence-corrected chi connectivity index (χ0v) is 9.65. The molecule has 0 radical (unpaired) electrons. The molecule has 1 atom stereocenters. The molecule has 0 amide bonds. The Hall–Kier alpha value is -1.23. The smallest absolute Gasteiger partial charge is 0.0801 e. The molecular weight excluding hydrogens is 220 g/mol. The lowest BCUT2D eigenvalue weighted by Crippen LogP contribution is -2.09. The van der Waals surface area contributed by atoms with Crippen LogP contribution in [0, 0.1) is 0 Å². The highest BCUT2D eigenvalue weighted by atomic mass is 32.1. The van der Waals surface area contributed by atoms with Crippen LogP contribution in [0.15, 0.2) is 36.5 Å². The van der Waals surface area contributed by atoms with Crippen LogP contribution in [0.1, 0.15) is 17.3 Å². The molecule has 2 rings (SSSR count). The maximum absolute atomic E-state index is 8.83. The maximum Gasteiger partial charge on any atom is 0.0801 e. The van der Waals surface area contributed by atoms with E-state index in [0.717, 1.165) is 15.4 Å². The fourth-order valence-electron chi connectivity index (χ4n) is 1.48. The molecule has 0 aliphatic heterocycles. The SMILES string of the molecule is NC(CCO)c1ccc(-c2ccccn2)s1. The molecule has 0 aromatic carbocycles. The molecule has 0 saturated carbocycles. The molecule has 16 heavy (non-hydrogen) atoms. The number of pyridine rings is 1. The minimum absolute atomic E-state index is 0.0764. The van der Waals surface area contributed by atoms with E-state index in [4.69, 9.17) is 10.8 Å². The van der Waals surface area contributed by atoms with Crippen LogP contribution < -0.4 is 5.73 Å². The van der Waals surface area contributed by atoms with E-state index in [1.165, 1.54) is 0 Å². The standard InChI is InChI=1S/C12H14N2OS/c13-9(6-8-15)11-4-5-12(16-11)10-3-1-2-7-14-10/h1-5,7,9,15H,6,8,13H2. The fourth-order valence-corrected chi connectivity index (χ4v) is 2.50. The van der Waals surface area contributed by atoms with E-state index in [0.29, 0.717) is 6.42 Å². The van der Waals surface area contributed by atoms with Crippen LogP contribution in [0.2, 0.25) is 0 Å². The van der Waals surface area contributed by atoms with Crippen LogP contribution in [-0.2, 0) is 0 Å². The molecule has 0 aliphatic rings. The average molecular weight is 234 g/mol. The third-order valence-electron chi connectivity index (χ3n) is 2.35. The molecule has 0 bridgehead atoms. The summed E-state index contributed by atoms with van der Waals surface area (Å²) in [5, 5.41) is 8.83.